The summed E-state index contributed by atoms with van der Waals surface area (Å²) in [5.74, 6) is 0.719. The SMILES string of the molecule is CC1(C)c2ccccc2-c2cc(-c3ccc4c(c3)c3ccc(-c5nc(-c6ccccc6)c6ccccc6n5)cc3n4-c3ccccc3)ccc21. The van der Waals surface area contributed by atoms with Gasteiger partial charge in [0.15, 0.2) is 5.82 Å². The number of hydrogen-bond donors (Lipinski definition) is 0. The molecule has 0 unspecified atom stereocenters. The highest BCUT2D eigenvalue weighted by Crippen LogP contribution is 2.49. The molecule has 0 N–H and O–H groups in total. The van der Waals surface area contributed by atoms with Crippen LogP contribution in [-0.2, 0) is 5.41 Å². The van der Waals surface area contributed by atoms with Crippen molar-refractivity contribution < 1.29 is 0 Å². The van der Waals surface area contributed by atoms with Crippen LogP contribution in [0.2, 0.25) is 0 Å². The van der Waals surface area contributed by atoms with Crippen LogP contribution in [-0.4, -0.2) is 14.5 Å². The highest BCUT2D eigenvalue weighted by Gasteiger charge is 2.35. The van der Waals surface area contributed by atoms with E-state index in [0.717, 1.165) is 44.8 Å². The Morgan fingerprint density at radius 3 is 1.98 bits per heavy atom. The Bertz CT molecular complexity index is 2770. The van der Waals surface area contributed by atoms with E-state index in [4.69, 9.17) is 9.97 Å². The van der Waals surface area contributed by atoms with E-state index >= 15 is 0 Å². The summed E-state index contributed by atoms with van der Waals surface area (Å²) < 4.78 is 2.37. The van der Waals surface area contributed by atoms with E-state index in [-0.39, 0.29) is 5.41 Å². The summed E-state index contributed by atoms with van der Waals surface area (Å²) in [6.45, 7) is 4.67. The molecule has 10 rings (SSSR count). The Morgan fingerprint density at radius 1 is 0.440 bits per heavy atom. The van der Waals surface area contributed by atoms with Crippen LogP contribution in [0.5, 0.6) is 0 Å². The average Bonchev–Trinajstić information content (AvgIpc) is 3.62. The van der Waals surface area contributed by atoms with Gasteiger partial charge in [-0.15, -0.1) is 0 Å². The molecular weight excluding hydrogens is 607 g/mol. The zero-order chi connectivity index (χ0) is 33.4. The largest absolute Gasteiger partial charge is 0.309 e. The van der Waals surface area contributed by atoms with Gasteiger partial charge in [0.1, 0.15) is 0 Å². The van der Waals surface area contributed by atoms with E-state index in [1.165, 1.54) is 49.7 Å². The quantitative estimate of drug-likeness (QED) is 0.192. The number of rotatable bonds is 4. The lowest BCUT2D eigenvalue weighted by Gasteiger charge is -2.21. The van der Waals surface area contributed by atoms with E-state index in [9.17, 15) is 0 Å². The number of benzene rings is 7. The summed E-state index contributed by atoms with van der Waals surface area (Å²) in [7, 11) is 0. The number of aromatic nitrogens is 3. The number of fused-ring (bicyclic) bond motifs is 7. The van der Waals surface area contributed by atoms with Gasteiger partial charge in [-0.25, -0.2) is 9.97 Å². The lowest BCUT2D eigenvalue weighted by Crippen LogP contribution is -2.14. The molecule has 9 aromatic rings. The van der Waals surface area contributed by atoms with Gasteiger partial charge < -0.3 is 4.57 Å². The molecule has 1 aliphatic rings. The fourth-order valence-corrected chi connectivity index (χ4v) is 8.12. The van der Waals surface area contributed by atoms with Crippen LogP contribution in [0.25, 0.3) is 83.3 Å². The van der Waals surface area contributed by atoms with Crippen LogP contribution in [0.15, 0.2) is 164 Å². The van der Waals surface area contributed by atoms with Crippen molar-refractivity contribution in [3.05, 3.63) is 175 Å². The molecule has 0 radical (unpaired) electrons. The smallest absolute Gasteiger partial charge is 0.160 e. The molecule has 3 nitrogen and oxygen atoms in total. The predicted molar refractivity (Wildman–Crippen MR) is 208 cm³/mol. The van der Waals surface area contributed by atoms with Crippen molar-refractivity contribution in [2.45, 2.75) is 19.3 Å². The fourth-order valence-electron chi connectivity index (χ4n) is 8.12. The minimum absolute atomic E-state index is 0.00810. The van der Waals surface area contributed by atoms with Crippen molar-refractivity contribution in [1.29, 1.82) is 0 Å². The van der Waals surface area contributed by atoms with Crippen LogP contribution >= 0.6 is 0 Å². The van der Waals surface area contributed by atoms with Crippen molar-refractivity contribution in [1.82, 2.24) is 14.5 Å². The third-order valence-electron chi connectivity index (χ3n) is 10.6. The van der Waals surface area contributed by atoms with Crippen molar-refractivity contribution in [2.75, 3.05) is 0 Å². The number of hydrogen-bond acceptors (Lipinski definition) is 2. The molecule has 1 aliphatic carbocycles. The Labute approximate surface area is 291 Å². The Kier molecular flexibility index (Phi) is 6.22. The molecule has 3 heteroatoms. The molecule has 2 aromatic heterocycles. The predicted octanol–water partition coefficient (Wildman–Crippen LogP) is 12.0. The van der Waals surface area contributed by atoms with Gasteiger partial charge in [-0.1, -0.05) is 135 Å². The van der Waals surface area contributed by atoms with Crippen molar-refractivity contribution in [3.8, 4) is 50.6 Å². The maximum atomic E-state index is 5.19. The lowest BCUT2D eigenvalue weighted by atomic mass is 9.82. The second-order valence-corrected chi connectivity index (χ2v) is 13.8. The Hall–Kier alpha value is -6.32. The highest BCUT2D eigenvalue weighted by molar-refractivity contribution is 6.11. The van der Waals surface area contributed by atoms with Gasteiger partial charge in [-0.3, -0.25) is 0 Å². The molecule has 0 aliphatic heterocycles. The minimum Gasteiger partial charge on any atom is -0.309 e. The molecule has 50 heavy (non-hydrogen) atoms. The first-order chi connectivity index (χ1) is 24.5. The first kappa shape index (κ1) is 28.7. The number of para-hydroxylation sites is 2. The molecule has 0 atom stereocenters. The van der Waals surface area contributed by atoms with Crippen molar-refractivity contribution >= 4 is 32.7 Å². The molecule has 0 amide bonds. The van der Waals surface area contributed by atoms with Crippen LogP contribution in [0.3, 0.4) is 0 Å². The van der Waals surface area contributed by atoms with E-state index in [0.29, 0.717) is 0 Å². The monoisotopic (exact) mass is 639 g/mol. The summed E-state index contributed by atoms with van der Waals surface area (Å²) in [6.07, 6.45) is 0. The molecule has 0 saturated carbocycles. The second kappa shape index (κ2) is 10.8. The standard InChI is InChI=1S/C47H33N3/c1-47(2)40-19-11-9-17-35(40)38-27-31(22-25-41(38)47)32-23-26-43-39(28-32)36-24-21-33(29-44(36)50(43)34-15-7-4-8-16-34)46-48-42-20-12-10-18-37(42)45(49-46)30-13-5-3-6-14-30/h3-29H,1-2H3. The van der Waals surface area contributed by atoms with E-state index in [1.54, 1.807) is 0 Å². The van der Waals surface area contributed by atoms with Crippen LogP contribution in [0.1, 0.15) is 25.0 Å². The van der Waals surface area contributed by atoms with Gasteiger partial charge in [0.25, 0.3) is 0 Å². The summed E-state index contributed by atoms with van der Waals surface area (Å²) >= 11 is 0. The molecule has 0 spiro atoms. The third kappa shape index (κ3) is 4.30. The van der Waals surface area contributed by atoms with E-state index in [1.807, 2.05) is 12.1 Å². The summed E-state index contributed by atoms with van der Waals surface area (Å²) in [5, 5.41) is 3.47. The molecular formula is C47H33N3. The number of nitrogens with zero attached hydrogens (tertiary/aromatic N) is 3. The van der Waals surface area contributed by atoms with Crippen molar-refractivity contribution in [3.63, 3.8) is 0 Å². The van der Waals surface area contributed by atoms with Crippen LogP contribution in [0, 0.1) is 0 Å². The topological polar surface area (TPSA) is 30.7 Å². The summed E-state index contributed by atoms with van der Waals surface area (Å²) in [6, 6.07) is 58.8. The van der Waals surface area contributed by atoms with Crippen LogP contribution < -0.4 is 0 Å². The van der Waals surface area contributed by atoms with Gasteiger partial charge in [-0.2, -0.15) is 0 Å². The van der Waals surface area contributed by atoms with Crippen LogP contribution in [0.4, 0.5) is 0 Å². The molecule has 2 heterocycles. The second-order valence-electron chi connectivity index (χ2n) is 13.8. The molecule has 0 bridgehead atoms. The summed E-state index contributed by atoms with van der Waals surface area (Å²) in [4.78, 5) is 10.3. The maximum Gasteiger partial charge on any atom is 0.160 e. The van der Waals surface area contributed by atoms with Gasteiger partial charge in [-0.05, 0) is 75.8 Å². The van der Waals surface area contributed by atoms with Gasteiger partial charge in [0.05, 0.1) is 22.2 Å². The summed E-state index contributed by atoms with van der Waals surface area (Å²) in [5.41, 5.74) is 15.3. The third-order valence-corrected chi connectivity index (χ3v) is 10.6. The molecule has 7 aromatic carbocycles. The zero-order valence-electron chi connectivity index (χ0n) is 27.9. The Morgan fingerprint density at radius 2 is 1.12 bits per heavy atom. The maximum absolute atomic E-state index is 5.19. The lowest BCUT2D eigenvalue weighted by molar-refractivity contribution is 0.660. The molecule has 0 saturated heterocycles. The minimum atomic E-state index is -0.00810. The van der Waals surface area contributed by atoms with Gasteiger partial charge in [0, 0.05) is 38.4 Å². The van der Waals surface area contributed by atoms with Crippen molar-refractivity contribution in [2.24, 2.45) is 0 Å². The average molecular weight is 640 g/mol. The van der Waals surface area contributed by atoms with E-state index < -0.39 is 0 Å². The first-order valence-corrected chi connectivity index (χ1v) is 17.3. The van der Waals surface area contributed by atoms with Gasteiger partial charge in [0.2, 0.25) is 0 Å². The molecule has 0 fully saturated rings. The Balaban J connectivity index is 1.17. The first-order valence-electron chi connectivity index (χ1n) is 17.3. The zero-order valence-corrected chi connectivity index (χ0v) is 27.9. The fraction of sp³-hybridized carbons (Fsp3) is 0.0638. The van der Waals surface area contributed by atoms with E-state index in [2.05, 4.69) is 170 Å². The highest BCUT2D eigenvalue weighted by atomic mass is 15.0. The molecule has 236 valence electrons. The normalized spacial score (nSPS) is 13.2. The van der Waals surface area contributed by atoms with Gasteiger partial charge >= 0.3 is 0 Å².